The summed E-state index contributed by atoms with van der Waals surface area (Å²) in [5.74, 6) is 0. The van der Waals surface area contributed by atoms with Crippen molar-refractivity contribution in [2.24, 2.45) is 5.73 Å². The number of likely N-dealkylation sites (tertiary alicyclic amines) is 1. The summed E-state index contributed by atoms with van der Waals surface area (Å²) >= 11 is 0. The van der Waals surface area contributed by atoms with Gasteiger partial charge in [-0.1, -0.05) is 55.5 Å². The van der Waals surface area contributed by atoms with E-state index in [2.05, 4.69) is 48.8 Å². The molecule has 0 radical (unpaired) electrons. The molecule has 0 aromatic heterocycles. The van der Waals surface area contributed by atoms with Crippen LogP contribution < -0.4 is 10.9 Å². The van der Waals surface area contributed by atoms with Gasteiger partial charge in [0.2, 0.25) is 0 Å². The Labute approximate surface area is 119 Å². The summed E-state index contributed by atoms with van der Waals surface area (Å²) in [4.78, 5) is 2.56. The lowest BCUT2D eigenvalue weighted by atomic mass is 10.0. The predicted molar refractivity (Wildman–Crippen MR) is 86.5 cm³/mol. The molecule has 2 nitrogen and oxygen atoms in total. The minimum absolute atomic E-state index is 0.588. The fourth-order valence-electron chi connectivity index (χ4n) is 2.88. The van der Waals surface area contributed by atoms with Gasteiger partial charge in [-0.25, -0.2) is 0 Å². The number of hydrogen-bond donors (Lipinski definition) is 1. The van der Waals surface area contributed by atoms with Crippen molar-refractivity contribution in [3.05, 3.63) is 29.8 Å². The molecule has 1 heterocycles. The average molecular weight is 276 g/mol. The van der Waals surface area contributed by atoms with Crippen molar-refractivity contribution in [2.45, 2.75) is 51.5 Å². The van der Waals surface area contributed by atoms with Crippen molar-refractivity contribution < 1.29 is 0 Å². The molecule has 2 N–H and O–H groups in total. The zero-order valence-electron chi connectivity index (χ0n) is 12.7. The molecule has 0 aliphatic carbocycles. The van der Waals surface area contributed by atoms with Crippen LogP contribution in [0.1, 0.15) is 24.8 Å². The molecule has 1 unspecified atom stereocenters. The third kappa shape index (κ3) is 3.91. The van der Waals surface area contributed by atoms with E-state index in [-0.39, 0.29) is 0 Å². The Kier molecular flexibility index (Phi) is 4.82. The van der Waals surface area contributed by atoms with Crippen LogP contribution in [0.15, 0.2) is 24.3 Å². The van der Waals surface area contributed by atoms with Gasteiger partial charge < -0.3 is 5.73 Å². The summed E-state index contributed by atoms with van der Waals surface area (Å²) in [5.41, 5.74) is 7.33. The van der Waals surface area contributed by atoms with Gasteiger partial charge in [-0.2, -0.15) is 0 Å². The summed E-state index contributed by atoms with van der Waals surface area (Å²) in [5, 5.41) is 1.55. The number of rotatable bonds is 4. The van der Waals surface area contributed by atoms with E-state index < -0.39 is 8.07 Å². The standard InChI is InChI=1S/C16H28N2Si/c1-19(2,3)16-9-7-14(8-10-16)13-18-11-5-4-6-15(18)12-17/h7-10,15H,4-6,11-13,17H2,1-3H3. The molecule has 19 heavy (non-hydrogen) atoms. The first kappa shape index (κ1) is 14.8. The number of hydrogen-bond acceptors (Lipinski definition) is 2. The van der Waals surface area contributed by atoms with Gasteiger partial charge in [0, 0.05) is 19.1 Å². The summed E-state index contributed by atoms with van der Waals surface area (Å²) < 4.78 is 0. The second-order valence-corrected chi connectivity index (χ2v) is 11.9. The summed E-state index contributed by atoms with van der Waals surface area (Å²) in [6, 6.07) is 9.89. The third-order valence-electron chi connectivity index (χ3n) is 4.23. The summed E-state index contributed by atoms with van der Waals surface area (Å²) in [6.07, 6.45) is 3.93. The van der Waals surface area contributed by atoms with Crippen LogP contribution >= 0.6 is 0 Å². The highest BCUT2D eigenvalue weighted by Crippen LogP contribution is 2.18. The van der Waals surface area contributed by atoms with Gasteiger partial charge >= 0.3 is 0 Å². The van der Waals surface area contributed by atoms with Crippen molar-refractivity contribution >= 4 is 13.3 Å². The Hall–Kier alpha value is -0.643. The second-order valence-electron chi connectivity index (χ2n) is 6.80. The van der Waals surface area contributed by atoms with Gasteiger partial charge in [0.05, 0.1) is 8.07 Å². The van der Waals surface area contributed by atoms with Crippen molar-refractivity contribution in [3.63, 3.8) is 0 Å². The number of nitrogens with two attached hydrogens (primary N) is 1. The molecule has 1 saturated heterocycles. The fourth-order valence-corrected chi connectivity index (χ4v) is 4.05. The molecule has 3 heteroatoms. The van der Waals surface area contributed by atoms with E-state index in [4.69, 9.17) is 5.73 Å². The van der Waals surface area contributed by atoms with Crippen LogP contribution in [0.25, 0.3) is 0 Å². The molecule has 1 fully saturated rings. The summed E-state index contributed by atoms with van der Waals surface area (Å²) in [7, 11) is -1.16. The minimum Gasteiger partial charge on any atom is -0.329 e. The molecule has 1 aromatic rings. The quantitative estimate of drug-likeness (QED) is 0.856. The lowest BCUT2D eigenvalue weighted by Crippen LogP contribution is -2.43. The zero-order chi connectivity index (χ0) is 13.9. The highest BCUT2D eigenvalue weighted by Gasteiger charge is 2.21. The topological polar surface area (TPSA) is 29.3 Å². The van der Waals surface area contributed by atoms with Crippen molar-refractivity contribution in [2.75, 3.05) is 13.1 Å². The first-order valence-corrected chi connectivity index (χ1v) is 11.0. The molecule has 1 aliphatic rings. The van der Waals surface area contributed by atoms with Gasteiger partial charge in [0.25, 0.3) is 0 Å². The molecule has 1 aliphatic heterocycles. The Balaban J connectivity index is 2.02. The van der Waals surface area contributed by atoms with Crippen molar-refractivity contribution in [1.29, 1.82) is 0 Å². The molecule has 0 amide bonds. The second kappa shape index (κ2) is 6.20. The lowest BCUT2D eigenvalue weighted by molar-refractivity contribution is 0.145. The largest absolute Gasteiger partial charge is 0.329 e. The maximum atomic E-state index is 5.89. The van der Waals surface area contributed by atoms with Crippen LogP contribution in [-0.2, 0) is 6.54 Å². The van der Waals surface area contributed by atoms with E-state index in [1.807, 2.05) is 0 Å². The van der Waals surface area contributed by atoms with Crippen molar-refractivity contribution in [1.82, 2.24) is 4.90 Å². The third-order valence-corrected chi connectivity index (χ3v) is 6.29. The van der Waals surface area contributed by atoms with Gasteiger partial charge in [-0.05, 0) is 24.9 Å². The van der Waals surface area contributed by atoms with Crippen LogP contribution in [0, 0.1) is 0 Å². The molecule has 2 rings (SSSR count). The van der Waals surface area contributed by atoms with Gasteiger partial charge in [0.15, 0.2) is 0 Å². The first-order valence-electron chi connectivity index (χ1n) is 7.54. The van der Waals surface area contributed by atoms with Gasteiger partial charge in [0.1, 0.15) is 0 Å². The van der Waals surface area contributed by atoms with Crippen LogP contribution in [0.4, 0.5) is 0 Å². The molecule has 0 saturated carbocycles. The highest BCUT2D eigenvalue weighted by molar-refractivity contribution is 6.88. The number of benzene rings is 1. The molecule has 0 bridgehead atoms. The Bertz CT molecular complexity index is 394. The maximum absolute atomic E-state index is 5.89. The maximum Gasteiger partial charge on any atom is 0.0775 e. The lowest BCUT2D eigenvalue weighted by Gasteiger charge is -2.35. The van der Waals surface area contributed by atoms with Crippen LogP contribution in [0.5, 0.6) is 0 Å². The molecule has 106 valence electrons. The van der Waals surface area contributed by atoms with Crippen LogP contribution in [0.3, 0.4) is 0 Å². The Morgan fingerprint density at radius 1 is 1.16 bits per heavy atom. The first-order chi connectivity index (χ1) is 9.00. The molecule has 0 spiro atoms. The number of piperidine rings is 1. The van der Waals surface area contributed by atoms with E-state index in [0.717, 1.165) is 13.1 Å². The van der Waals surface area contributed by atoms with E-state index in [1.54, 1.807) is 5.19 Å². The Morgan fingerprint density at radius 2 is 1.84 bits per heavy atom. The minimum atomic E-state index is -1.16. The highest BCUT2D eigenvalue weighted by atomic mass is 28.3. The van der Waals surface area contributed by atoms with Crippen LogP contribution in [0.2, 0.25) is 19.6 Å². The fraction of sp³-hybridized carbons (Fsp3) is 0.625. The van der Waals surface area contributed by atoms with E-state index in [9.17, 15) is 0 Å². The molecular formula is C16H28N2Si. The van der Waals surface area contributed by atoms with Crippen LogP contribution in [-0.4, -0.2) is 32.1 Å². The SMILES string of the molecule is C[Si](C)(C)c1ccc(CN2CCCCC2CN)cc1. The zero-order valence-corrected chi connectivity index (χ0v) is 13.7. The number of nitrogens with zero attached hydrogens (tertiary/aromatic N) is 1. The summed E-state index contributed by atoms with van der Waals surface area (Å²) in [6.45, 7) is 10.3. The van der Waals surface area contributed by atoms with E-state index in [1.165, 1.54) is 31.4 Å². The smallest absolute Gasteiger partial charge is 0.0775 e. The predicted octanol–water partition coefficient (Wildman–Crippen LogP) is 2.54. The monoisotopic (exact) mass is 276 g/mol. The van der Waals surface area contributed by atoms with Crippen molar-refractivity contribution in [3.8, 4) is 0 Å². The normalized spacial score (nSPS) is 21.6. The average Bonchev–Trinajstić information content (AvgIpc) is 2.39. The van der Waals surface area contributed by atoms with Gasteiger partial charge in [-0.3, -0.25) is 4.90 Å². The molecule has 1 aromatic carbocycles. The van der Waals surface area contributed by atoms with Gasteiger partial charge in [-0.15, -0.1) is 0 Å². The van der Waals surface area contributed by atoms with E-state index in [0.29, 0.717) is 6.04 Å². The molecular weight excluding hydrogens is 248 g/mol. The Morgan fingerprint density at radius 3 is 2.42 bits per heavy atom. The van der Waals surface area contributed by atoms with E-state index >= 15 is 0 Å². The molecule has 1 atom stereocenters.